The van der Waals surface area contributed by atoms with Gasteiger partial charge < -0.3 is 19.8 Å². The van der Waals surface area contributed by atoms with Crippen LogP contribution in [0.5, 0.6) is 11.5 Å². The lowest BCUT2D eigenvalue weighted by Gasteiger charge is -2.19. The van der Waals surface area contributed by atoms with Gasteiger partial charge in [-0.25, -0.2) is 14.8 Å². The molecule has 0 fully saturated rings. The fourth-order valence-electron chi connectivity index (χ4n) is 4.17. The zero-order chi connectivity index (χ0) is 28.1. The maximum absolute atomic E-state index is 12.6. The number of ketones is 1. The third-order valence-electron chi connectivity index (χ3n) is 5.93. The van der Waals surface area contributed by atoms with Crippen LogP contribution < -0.4 is 10.1 Å². The number of hydrogen-bond acceptors (Lipinski definition) is 7. The molecule has 0 radical (unpaired) electrons. The minimum atomic E-state index is -0.546. The highest BCUT2D eigenvalue weighted by molar-refractivity contribution is 7.15. The second-order valence-corrected chi connectivity index (χ2v) is 11.4. The minimum Gasteiger partial charge on any atom is -0.457 e. The Kier molecular flexibility index (Phi) is 7.93. The maximum Gasteiger partial charge on any atom is 0.407 e. The van der Waals surface area contributed by atoms with Crippen molar-refractivity contribution < 1.29 is 19.1 Å². The predicted molar refractivity (Wildman–Crippen MR) is 156 cm³/mol. The number of fused-ring (bicyclic) bond motifs is 1. The fourth-order valence-corrected chi connectivity index (χ4v) is 5.14. The van der Waals surface area contributed by atoms with Crippen LogP contribution in [0.4, 0.5) is 4.79 Å². The van der Waals surface area contributed by atoms with Crippen LogP contribution in [0.2, 0.25) is 0 Å². The van der Waals surface area contributed by atoms with Crippen LogP contribution in [0.1, 0.15) is 36.9 Å². The number of nitrogens with one attached hydrogen (secondary N) is 2. The minimum absolute atomic E-state index is 0.126. The topological polar surface area (TPSA) is 106 Å². The van der Waals surface area contributed by atoms with Gasteiger partial charge in [0.1, 0.15) is 33.5 Å². The van der Waals surface area contributed by atoms with E-state index in [4.69, 9.17) is 9.47 Å². The number of benzene rings is 2. The van der Waals surface area contributed by atoms with E-state index in [0.717, 1.165) is 32.0 Å². The molecule has 204 valence electrons. The van der Waals surface area contributed by atoms with E-state index >= 15 is 0 Å². The highest BCUT2D eigenvalue weighted by Gasteiger charge is 2.18. The van der Waals surface area contributed by atoms with Crippen LogP contribution >= 0.6 is 11.3 Å². The number of hydrogen-bond donors (Lipinski definition) is 2. The molecule has 9 heteroatoms. The van der Waals surface area contributed by atoms with E-state index < -0.39 is 11.7 Å². The number of nitrogens with zero attached hydrogens (tertiary/aromatic N) is 2. The monoisotopic (exact) mass is 554 g/mol. The van der Waals surface area contributed by atoms with Gasteiger partial charge in [-0.05, 0) is 50.1 Å². The summed E-state index contributed by atoms with van der Waals surface area (Å²) in [5.74, 6) is 1.43. The van der Waals surface area contributed by atoms with Crippen molar-refractivity contribution in [1.82, 2.24) is 20.3 Å². The molecular formula is C31H30N4O4S. The molecule has 3 aromatic heterocycles. The van der Waals surface area contributed by atoms with Crippen LogP contribution in [-0.4, -0.2) is 32.4 Å². The van der Waals surface area contributed by atoms with Crippen molar-refractivity contribution in [1.29, 1.82) is 0 Å². The summed E-state index contributed by atoms with van der Waals surface area (Å²) in [5.41, 5.74) is 2.98. The lowest BCUT2D eigenvalue weighted by molar-refractivity contribution is -0.117. The molecule has 5 aromatic rings. The molecule has 0 aliphatic rings. The highest BCUT2D eigenvalue weighted by Crippen LogP contribution is 2.38. The molecule has 0 bridgehead atoms. The average Bonchev–Trinajstić information content (AvgIpc) is 3.55. The zero-order valence-electron chi connectivity index (χ0n) is 22.6. The van der Waals surface area contributed by atoms with Crippen LogP contribution in [-0.2, 0) is 28.9 Å². The first kappa shape index (κ1) is 27.1. The van der Waals surface area contributed by atoms with Gasteiger partial charge in [0.25, 0.3) is 0 Å². The summed E-state index contributed by atoms with van der Waals surface area (Å²) in [7, 11) is 0. The van der Waals surface area contributed by atoms with Crippen molar-refractivity contribution in [3.8, 4) is 21.9 Å². The molecule has 8 nitrogen and oxygen atoms in total. The smallest absolute Gasteiger partial charge is 0.407 e. The Labute approximate surface area is 236 Å². The Morgan fingerprint density at radius 2 is 1.73 bits per heavy atom. The number of amides is 1. The summed E-state index contributed by atoms with van der Waals surface area (Å²) in [5, 5.41) is 4.36. The molecule has 5 rings (SSSR count). The Bertz CT molecular complexity index is 1620. The lowest BCUT2D eigenvalue weighted by atomic mass is 10.1. The Hall–Kier alpha value is -4.50. The van der Waals surface area contributed by atoms with Gasteiger partial charge in [-0.3, -0.25) is 4.79 Å². The number of rotatable bonds is 9. The normalized spacial score (nSPS) is 11.4. The summed E-state index contributed by atoms with van der Waals surface area (Å²) in [6.07, 6.45) is 5.59. The number of thiazole rings is 1. The molecular weight excluding hydrogens is 524 g/mol. The largest absolute Gasteiger partial charge is 0.457 e. The van der Waals surface area contributed by atoms with Gasteiger partial charge in [0.15, 0.2) is 0 Å². The molecule has 0 aliphatic heterocycles. The van der Waals surface area contributed by atoms with Crippen molar-refractivity contribution in [3.63, 3.8) is 0 Å². The third kappa shape index (κ3) is 6.92. The number of carbonyl (C=O) groups excluding carboxylic acids is 2. The van der Waals surface area contributed by atoms with Gasteiger partial charge in [0.2, 0.25) is 0 Å². The first-order valence-electron chi connectivity index (χ1n) is 12.9. The number of aromatic amines is 1. The van der Waals surface area contributed by atoms with E-state index in [-0.39, 0.29) is 5.78 Å². The fraction of sp³-hybridized carbons (Fsp3) is 0.226. The van der Waals surface area contributed by atoms with Gasteiger partial charge in [-0.15, -0.1) is 11.3 Å². The first-order valence-corrected chi connectivity index (χ1v) is 13.8. The van der Waals surface area contributed by atoms with Crippen molar-refractivity contribution >= 4 is 34.2 Å². The maximum atomic E-state index is 12.6. The number of carbonyl (C=O) groups is 2. The zero-order valence-corrected chi connectivity index (χ0v) is 23.4. The van der Waals surface area contributed by atoms with Gasteiger partial charge in [0.05, 0.1) is 16.7 Å². The SMILES string of the molecule is CC(C)(C)OC(=O)NCc1ccc(Oc2ccnc3[nH]cc(-c4cnc(CC(=O)Cc5ccccc5)s4)c23)cc1. The van der Waals surface area contributed by atoms with Gasteiger partial charge in [0, 0.05) is 37.1 Å². The van der Waals surface area contributed by atoms with Gasteiger partial charge in [-0.2, -0.15) is 0 Å². The highest BCUT2D eigenvalue weighted by atomic mass is 32.1. The Morgan fingerprint density at radius 3 is 2.48 bits per heavy atom. The number of Topliss-reactive ketones (excluding diaryl/α,β-unsaturated/α-hetero) is 1. The average molecular weight is 555 g/mol. The second kappa shape index (κ2) is 11.7. The van der Waals surface area contributed by atoms with E-state index in [0.29, 0.717) is 36.5 Å². The van der Waals surface area contributed by atoms with Gasteiger partial charge in [-0.1, -0.05) is 42.5 Å². The van der Waals surface area contributed by atoms with E-state index in [1.165, 1.54) is 11.3 Å². The van der Waals surface area contributed by atoms with E-state index in [2.05, 4.69) is 20.3 Å². The van der Waals surface area contributed by atoms with Crippen molar-refractivity contribution in [2.45, 2.75) is 45.8 Å². The third-order valence-corrected chi connectivity index (χ3v) is 6.96. The van der Waals surface area contributed by atoms with E-state index in [1.807, 2.05) is 87.6 Å². The Morgan fingerprint density at radius 1 is 0.950 bits per heavy atom. The molecule has 3 heterocycles. The van der Waals surface area contributed by atoms with Crippen molar-refractivity contribution in [2.75, 3.05) is 0 Å². The quantitative estimate of drug-likeness (QED) is 0.206. The van der Waals surface area contributed by atoms with Crippen LogP contribution in [0, 0.1) is 0 Å². The number of ether oxygens (including phenoxy) is 2. The molecule has 40 heavy (non-hydrogen) atoms. The Balaban J connectivity index is 1.28. The molecule has 1 amide bonds. The molecule has 0 spiro atoms. The number of aromatic nitrogens is 3. The summed E-state index contributed by atoms with van der Waals surface area (Å²) in [6, 6.07) is 19.1. The molecule has 0 saturated carbocycles. The summed E-state index contributed by atoms with van der Waals surface area (Å²) in [6.45, 7) is 5.82. The summed E-state index contributed by atoms with van der Waals surface area (Å²) >= 11 is 1.49. The second-order valence-electron chi connectivity index (χ2n) is 10.3. The number of alkyl carbamates (subject to hydrolysis) is 1. The van der Waals surface area contributed by atoms with Crippen molar-refractivity contribution in [3.05, 3.63) is 95.4 Å². The number of H-pyrrole nitrogens is 1. The van der Waals surface area contributed by atoms with Crippen LogP contribution in [0.25, 0.3) is 21.5 Å². The van der Waals surface area contributed by atoms with Gasteiger partial charge >= 0.3 is 6.09 Å². The molecule has 2 aromatic carbocycles. The lowest BCUT2D eigenvalue weighted by Crippen LogP contribution is -2.32. The molecule has 2 N–H and O–H groups in total. The van der Waals surface area contributed by atoms with E-state index in [1.54, 1.807) is 12.4 Å². The predicted octanol–water partition coefficient (Wildman–Crippen LogP) is 6.86. The molecule has 0 atom stereocenters. The number of pyridine rings is 1. The van der Waals surface area contributed by atoms with E-state index in [9.17, 15) is 9.59 Å². The van der Waals surface area contributed by atoms with Crippen molar-refractivity contribution in [2.24, 2.45) is 0 Å². The van der Waals surface area contributed by atoms with Crippen LogP contribution in [0.15, 0.2) is 79.3 Å². The first-order chi connectivity index (χ1) is 19.2. The molecule has 0 aliphatic carbocycles. The summed E-state index contributed by atoms with van der Waals surface area (Å²) in [4.78, 5) is 37.6. The standard InChI is InChI=1S/C31H30N4O4S/c1-31(2,3)39-30(37)35-17-21-9-11-23(12-10-21)38-25-13-14-32-29-28(25)24(18-34-29)26-19-33-27(40-26)16-22(36)15-20-7-5-4-6-8-20/h4-14,18-19H,15-17H2,1-3H3,(H,32,34)(H,35,37). The molecule has 0 unspecified atom stereocenters. The molecule has 0 saturated heterocycles. The summed E-state index contributed by atoms with van der Waals surface area (Å²) < 4.78 is 11.5. The van der Waals surface area contributed by atoms with Crippen LogP contribution in [0.3, 0.4) is 0 Å².